The van der Waals surface area contributed by atoms with Gasteiger partial charge in [-0.2, -0.15) is 10.2 Å². The van der Waals surface area contributed by atoms with E-state index in [9.17, 15) is 0 Å². The Kier molecular flexibility index (Phi) is 3.92. The third-order valence-electron chi connectivity index (χ3n) is 0.837. The summed E-state index contributed by atoms with van der Waals surface area (Å²) in [5.74, 6) is 0. The maximum atomic E-state index is 5.25. The van der Waals surface area contributed by atoms with E-state index in [1.807, 2.05) is 12.1 Å². The van der Waals surface area contributed by atoms with Gasteiger partial charge in [0.1, 0.15) is 0 Å². The van der Waals surface area contributed by atoms with Gasteiger partial charge in [-0.05, 0) is 12.1 Å². The van der Waals surface area contributed by atoms with Crippen LogP contribution in [0.4, 0.5) is 0 Å². The van der Waals surface area contributed by atoms with Crippen LogP contribution in [0.2, 0.25) is 0 Å². The smallest absolute Gasteiger partial charge is 0.0766 e. The zero-order chi connectivity index (χ0) is 5.82. The molecule has 0 bridgehead atoms. The summed E-state index contributed by atoms with van der Waals surface area (Å²) in [5.41, 5.74) is 6.07. The van der Waals surface area contributed by atoms with Crippen molar-refractivity contribution in [3.05, 3.63) is 24.0 Å². The van der Waals surface area contributed by atoms with Crippen LogP contribution in [0.3, 0.4) is 0 Å². The van der Waals surface area contributed by atoms with Crippen molar-refractivity contribution in [3.63, 3.8) is 0 Å². The monoisotopic (exact) mass is 145 g/mol. The second kappa shape index (κ2) is 4.23. The van der Waals surface area contributed by atoms with Crippen LogP contribution in [0.15, 0.2) is 18.3 Å². The van der Waals surface area contributed by atoms with Gasteiger partial charge in [0, 0.05) is 12.7 Å². The fourth-order valence-corrected chi connectivity index (χ4v) is 0.442. The molecule has 0 atom stereocenters. The van der Waals surface area contributed by atoms with Crippen LogP contribution in [0.25, 0.3) is 0 Å². The lowest BCUT2D eigenvalue weighted by Crippen LogP contribution is -1.99. The second-order valence-electron chi connectivity index (χ2n) is 1.42. The Morgan fingerprint density at radius 1 is 1.56 bits per heavy atom. The minimum absolute atomic E-state index is 0. The van der Waals surface area contributed by atoms with Gasteiger partial charge in [0.15, 0.2) is 0 Å². The molecule has 2 N–H and O–H groups in total. The average Bonchev–Trinajstić information content (AvgIpc) is 1.90. The Morgan fingerprint density at radius 3 is 2.67 bits per heavy atom. The van der Waals surface area contributed by atoms with E-state index in [1.54, 1.807) is 6.20 Å². The topological polar surface area (TPSA) is 51.8 Å². The van der Waals surface area contributed by atoms with Crippen molar-refractivity contribution in [1.29, 1.82) is 0 Å². The minimum Gasteiger partial charge on any atom is -0.325 e. The van der Waals surface area contributed by atoms with Gasteiger partial charge in [-0.3, -0.25) is 0 Å². The van der Waals surface area contributed by atoms with Gasteiger partial charge in [-0.15, -0.1) is 12.4 Å². The summed E-state index contributed by atoms with van der Waals surface area (Å²) < 4.78 is 0. The Labute approximate surface area is 59.7 Å². The first-order valence-corrected chi connectivity index (χ1v) is 2.40. The molecule has 0 saturated heterocycles. The van der Waals surface area contributed by atoms with Gasteiger partial charge in [-0.25, -0.2) is 0 Å². The normalized spacial score (nSPS) is 8.11. The number of hydrogen-bond donors (Lipinski definition) is 1. The van der Waals surface area contributed by atoms with Crippen molar-refractivity contribution in [2.24, 2.45) is 5.73 Å². The molecular weight excluding hydrogens is 138 g/mol. The van der Waals surface area contributed by atoms with Crippen LogP contribution in [-0.4, -0.2) is 10.2 Å². The summed E-state index contributed by atoms with van der Waals surface area (Å²) in [6.07, 6.45) is 1.62. The molecule has 1 aromatic rings. The van der Waals surface area contributed by atoms with E-state index < -0.39 is 0 Å². The molecule has 4 heteroatoms. The van der Waals surface area contributed by atoms with Crippen LogP contribution in [0, 0.1) is 0 Å². The van der Waals surface area contributed by atoms with E-state index >= 15 is 0 Å². The summed E-state index contributed by atoms with van der Waals surface area (Å²) in [5, 5.41) is 7.35. The maximum Gasteiger partial charge on any atom is 0.0766 e. The number of rotatable bonds is 1. The van der Waals surface area contributed by atoms with Crippen molar-refractivity contribution in [2.75, 3.05) is 0 Å². The molecule has 1 heterocycles. The van der Waals surface area contributed by atoms with E-state index in [1.165, 1.54) is 0 Å². The predicted octanol–water partition coefficient (Wildman–Crippen LogP) is 0.357. The molecule has 0 aliphatic carbocycles. The summed E-state index contributed by atoms with van der Waals surface area (Å²) in [6.45, 7) is 0.466. The van der Waals surface area contributed by atoms with Gasteiger partial charge < -0.3 is 5.73 Å². The third-order valence-corrected chi connectivity index (χ3v) is 0.837. The van der Waals surface area contributed by atoms with Crippen LogP contribution in [-0.2, 0) is 6.54 Å². The standard InChI is InChI=1S/C5H7N3.ClH/c6-4-5-2-1-3-7-8-5;/h1-3H,4,6H2;1H. The van der Waals surface area contributed by atoms with Gasteiger partial charge in [-0.1, -0.05) is 0 Å². The van der Waals surface area contributed by atoms with E-state index in [0.717, 1.165) is 5.69 Å². The highest BCUT2D eigenvalue weighted by Gasteiger charge is 1.83. The molecule has 0 aliphatic rings. The zero-order valence-electron chi connectivity index (χ0n) is 4.82. The van der Waals surface area contributed by atoms with Gasteiger partial charge in [0.2, 0.25) is 0 Å². The fourth-order valence-electron chi connectivity index (χ4n) is 0.442. The molecule has 0 spiro atoms. The first kappa shape index (κ1) is 8.33. The summed E-state index contributed by atoms with van der Waals surface area (Å²) in [4.78, 5) is 0. The SMILES string of the molecule is Cl.NCc1cccnn1. The molecule has 0 radical (unpaired) electrons. The lowest BCUT2D eigenvalue weighted by molar-refractivity contribution is 0.898. The largest absolute Gasteiger partial charge is 0.325 e. The second-order valence-corrected chi connectivity index (χ2v) is 1.42. The molecule has 0 aliphatic heterocycles. The number of nitrogens with zero attached hydrogens (tertiary/aromatic N) is 2. The molecule has 1 aromatic heterocycles. The lowest BCUT2D eigenvalue weighted by Gasteiger charge is -1.87. The maximum absolute atomic E-state index is 5.25. The van der Waals surface area contributed by atoms with Crippen molar-refractivity contribution in [3.8, 4) is 0 Å². The third kappa shape index (κ3) is 2.39. The first-order chi connectivity index (χ1) is 3.93. The van der Waals surface area contributed by atoms with E-state index in [2.05, 4.69) is 10.2 Å². The van der Waals surface area contributed by atoms with Crippen molar-refractivity contribution >= 4 is 12.4 Å². The Balaban J connectivity index is 0.000000640. The van der Waals surface area contributed by atoms with Crippen molar-refractivity contribution in [1.82, 2.24) is 10.2 Å². The molecule has 9 heavy (non-hydrogen) atoms. The molecule has 0 aromatic carbocycles. The molecule has 1 rings (SSSR count). The molecule has 3 nitrogen and oxygen atoms in total. The molecule has 50 valence electrons. The van der Waals surface area contributed by atoms with Gasteiger partial charge >= 0.3 is 0 Å². The molecule has 0 amide bonds. The molecule has 0 unspecified atom stereocenters. The Hall–Kier alpha value is -0.670. The van der Waals surface area contributed by atoms with E-state index in [4.69, 9.17) is 5.73 Å². The first-order valence-electron chi connectivity index (χ1n) is 2.40. The highest BCUT2D eigenvalue weighted by atomic mass is 35.5. The highest BCUT2D eigenvalue weighted by Crippen LogP contribution is 1.85. The quantitative estimate of drug-likeness (QED) is 0.621. The zero-order valence-corrected chi connectivity index (χ0v) is 5.64. The molecule has 0 saturated carbocycles. The average molecular weight is 146 g/mol. The van der Waals surface area contributed by atoms with E-state index in [0.29, 0.717) is 6.54 Å². The summed E-state index contributed by atoms with van der Waals surface area (Å²) in [7, 11) is 0. The van der Waals surface area contributed by atoms with Crippen LogP contribution >= 0.6 is 12.4 Å². The Morgan fingerprint density at radius 2 is 2.33 bits per heavy atom. The summed E-state index contributed by atoms with van der Waals surface area (Å²) in [6, 6.07) is 3.65. The summed E-state index contributed by atoms with van der Waals surface area (Å²) >= 11 is 0. The highest BCUT2D eigenvalue weighted by molar-refractivity contribution is 5.85. The number of halogens is 1. The van der Waals surface area contributed by atoms with Gasteiger partial charge in [0.05, 0.1) is 5.69 Å². The van der Waals surface area contributed by atoms with Crippen LogP contribution < -0.4 is 5.73 Å². The van der Waals surface area contributed by atoms with Crippen LogP contribution in [0.1, 0.15) is 5.69 Å². The van der Waals surface area contributed by atoms with Crippen molar-refractivity contribution in [2.45, 2.75) is 6.54 Å². The van der Waals surface area contributed by atoms with Gasteiger partial charge in [0.25, 0.3) is 0 Å². The van der Waals surface area contributed by atoms with E-state index in [-0.39, 0.29) is 12.4 Å². The Bertz CT molecular complexity index is 154. The van der Waals surface area contributed by atoms with Crippen molar-refractivity contribution < 1.29 is 0 Å². The predicted molar refractivity (Wildman–Crippen MR) is 37.2 cm³/mol. The minimum atomic E-state index is 0. The lowest BCUT2D eigenvalue weighted by atomic mass is 10.4. The molecular formula is C5H8ClN3. The molecule has 0 fully saturated rings. The number of hydrogen-bond acceptors (Lipinski definition) is 3. The van der Waals surface area contributed by atoms with Crippen LogP contribution in [0.5, 0.6) is 0 Å². The number of aromatic nitrogens is 2. The number of nitrogens with two attached hydrogens (primary N) is 1. The fraction of sp³-hybridized carbons (Fsp3) is 0.200.